The minimum Gasteiger partial charge on any atom is -0.395 e. The molecule has 0 aliphatic carbocycles. The standard InChI is InChI=1S/C16H16ClFO/c1-16(11-19,13-3-2-4-14(17)9-13)10-12-5-7-15(18)8-6-12/h2-9,19H,10-11H2,1H3. The summed E-state index contributed by atoms with van der Waals surface area (Å²) in [4.78, 5) is 0. The Morgan fingerprint density at radius 2 is 1.84 bits per heavy atom. The maximum atomic E-state index is 12.9. The number of rotatable bonds is 4. The molecular weight excluding hydrogens is 263 g/mol. The van der Waals surface area contributed by atoms with E-state index in [4.69, 9.17) is 11.6 Å². The van der Waals surface area contributed by atoms with Crippen LogP contribution in [0.4, 0.5) is 4.39 Å². The first kappa shape index (κ1) is 14.0. The molecule has 2 aromatic rings. The number of aliphatic hydroxyl groups excluding tert-OH is 1. The molecule has 0 aromatic heterocycles. The van der Waals surface area contributed by atoms with Crippen molar-refractivity contribution in [2.75, 3.05) is 6.61 Å². The molecule has 0 saturated heterocycles. The lowest BCUT2D eigenvalue weighted by atomic mass is 9.78. The largest absolute Gasteiger partial charge is 0.395 e. The third-order valence-electron chi connectivity index (χ3n) is 3.38. The molecule has 0 spiro atoms. The highest BCUT2D eigenvalue weighted by atomic mass is 35.5. The van der Waals surface area contributed by atoms with Crippen molar-refractivity contribution in [1.82, 2.24) is 0 Å². The van der Waals surface area contributed by atoms with Crippen molar-refractivity contribution in [2.24, 2.45) is 0 Å². The number of hydrogen-bond donors (Lipinski definition) is 1. The van der Waals surface area contributed by atoms with Crippen LogP contribution in [0.1, 0.15) is 18.1 Å². The minimum atomic E-state index is -0.428. The maximum absolute atomic E-state index is 12.9. The Balaban J connectivity index is 2.30. The average Bonchev–Trinajstić information content (AvgIpc) is 2.41. The summed E-state index contributed by atoms with van der Waals surface area (Å²) < 4.78 is 12.9. The zero-order valence-electron chi connectivity index (χ0n) is 10.7. The number of aliphatic hydroxyl groups is 1. The molecule has 0 radical (unpaired) electrons. The molecule has 0 heterocycles. The number of benzene rings is 2. The topological polar surface area (TPSA) is 20.2 Å². The molecule has 0 bridgehead atoms. The summed E-state index contributed by atoms with van der Waals surface area (Å²) in [6.45, 7) is 1.98. The van der Waals surface area contributed by atoms with Gasteiger partial charge in [-0.3, -0.25) is 0 Å². The third-order valence-corrected chi connectivity index (χ3v) is 3.61. The summed E-state index contributed by atoms with van der Waals surface area (Å²) in [6, 6.07) is 13.8. The summed E-state index contributed by atoms with van der Waals surface area (Å²) in [7, 11) is 0. The van der Waals surface area contributed by atoms with Crippen LogP contribution in [-0.2, 0) is 11.8 Å². The molecule has 100 valence electrons. The summed E-state index contributed by atoms with van der Waals surface area (Å²) >= 11 is 6.00. The predicted octanol–water partition coefficient (Wildman–Crippen LogP) is 3.97. The first-order chi connectivity index (χ1) is 9.03. The van der Waals surface area contributed by atoms with Gasteiger partial charge < -0.3 is 5.11 Å². The van der Waals surface area contributed by atoms with Gasteiger partial charge >= 0.3 is 0 Å². The molecule has 0 saturated carbocycles. The fourth-order valence-corrected chi connectivity index (χ4v) is 2.36. The first-order valence-corrected chi connectivity index (χ1v) is 6.53. The van der Waals surface area contributed by atoms with E-state index in [1.807, 2.05) is 25.1 Å². The smallest absolute Gasteiger partial charge is 0.123 e. The molecule has 0 amide bonds. The second-order valence-corrected chi connectivity index (χ2v) is 5.47. The number of hydrogen-bond acceptors (Lipinski definition) is 1. The van der Waals surface area contributed by atoms with Gasteiger partial charge in [-0.15, -0.1) is 0 Å². The van der Waals surface area contributed by atoms with Gasteiger partial charge in [-0.25, -0.2) is 4.39 Å². The van der Waals surface area contributed by atoms with E-state index in [0.717, 1.165) is 11.1 Å². The van der Waals surface area contributed by atoms with Gasteiger partial charge in [-0.1, -0.05) is 42.8 Å². The summed E-state index contributed by atoms with van der Waals surface area (Å²) in [6.07, 6.45) is 0.629. The van der Waals surface area contributed by atoms with Crippen LogP contribution in [0, 0.1) is 5.82 Å². The molecule has 1 unspecified atom stereocenters. The van der Waals surface area contributed by atoms with Crippen molar-refractivity contribution in [3.63, 3.8) is 0 Å². The molecule has 0 aliphatic rings. The lowest BCUT2D eigenvalue weighted by Gasteiger charge is -2.28. The molecule has 1 nitrogen and oxygen atoms in total. The van der Waals surface area contributed by atoms with Gasteiger partial charge in [0, 0.05) is 10.4 Å². The molecule has 2 aromatic carbocycles. The summed E-state index contributed by atoms with van der Waals surface area (Å²) in [5, 5.41) is 10.4. The van der Waals surface area contributed by atoms with E-state index in [-0.39, 0.29) is 12.4 Å². The Labute approximate surface area is 117 Å². The van der Waals surface area contributed by atoms with Crippen LogP contribution in [0.3, 0.4) is 0 Å². The zero-order valence-corrected chi connectivity index (χ0v) is 11.5. The van der Waals surface area contributed by atoms with Crippen molar-refractivity contribution < 1.29 is 9.50 Å². The molecular formula is C16H16ClFO. The average molecular weight is 279 g/mol. The molecule has 0 aliphatic heterocycles. The molecule has 2 rings (SSSR count). The van der Waals surface area contributed by atoms with Gasteiger partial charge in [0.15, 0.2) is 0 Å². The Bertz CT molecular complexity index is 553. The van der Waals surface area contributed by atoms with Gasteiger partial charge in [0.05, 0.1) is 6.61 Å². The van der Waals surface area contributed by atoms with Gasteiger partial charge in [-0.05, 0) is 41.8 Å². The fraction of sp³-hybridized carbons (Fsp3) is 0.250. The molecule has 1 N–H and O–H groups in total. The van der Waals surface area contributed by atoms with Gasteiger partial charge in [0.25, 0.3) is 0 Å². The molecule has 0 fully saturated rings. The Morgan fingerprint density at radius 3 is 2.42 bits per heavy atom. The highest BCUT2D eigenvalue weighted by molar-refractivity contribution is 6.30. The van der Waals surface area contributed by atoms with E-state index in [2.05, 4.69) is 0 Å². The van der Waals surface area contributed by atoms with Crippen LogP contribution in [0.25, 0.3) is 0 Å². The first-order valence-electron chi connectivity index (χ1n) is 6.15. The SMILES string of the molecule is CC(CO)(Cc1ccc(F)cc1)c1cccc(Cl)c1. The molecule has 19 heavy (non-hydrogen) atoms. The van der Waals surface area contributed by atoms with Crippen LogP contribution in [-0.4, -0.2) is 11.7 Å². The predicted molar refractivity (Wildman–Crippen MR) is 76.0 cm³/mol. The minimum absolute atomic E-state index is 0.00468. The van der Waals surface area contributed by atoms with Gasteiger partial charge in [0.2, 0.25) is 0 Å². The Morgan fingerprint density at radius 1 is 1.16 bits per heavy atom. The van der Waals surface area contributed by atoms with Crippen molar-refractivity contribution in [2.45, 2.75) is 18.8 Å². The lowest BCUT2D eigenvalue weighted by molar-refractivity contribution is 0.204. The fourth-order valence-electron chi connectivity index (χ4n) is 2.17. The normalized spacial score (nSPS) is 14.1. The second kappa shape index (κ2) is 5.72. The van der Waals surface area contributed by atoms with Crippen molar-refractivity contribution in [3.8, 4) is 0 Å². The van der Waals surface area contributed by atoms with Gasteiger partial charge in [0.1, 0.15) is 5.82 Å². The lowest BCUT2D eigenvalue weighted by Crippen LogP contribution is -2.29. The van der Waals surface area contributed by atoms with Crippen molar-refractivity contribution in [1.29, 1.82) is 0 Å². The monoisotopic (exact) mass is 278 g/mol. The molecule has 1 atom stereocenters. The van der Waals surface area contributed by atoms with Gasteiger partial charge in [-0.2, -0.15) is 0 Å². The van der Waals surface area contributed by atoms with E-state index in [0.29, 0.717) is 11.4 Å². The summed E-state index contributed by atoms with van der Waals surface area (Å²) in [5.74, 6) is -0.253. The molecule has 3 heteroatoms. The third kappa shape index (κ3) is 3.34. The van der Waals surface area contributed by atoms with Crippen molar-refractivity contribution in [3.05, 3.63) is 70.5 Å². The van der Waals surface area contributed by atoms with E-state index >= 15 is 0 Å². The second-order valence-electron chi connectivity index (χ2n) is 5.03. The zero-order chi connectivity index (χ0) is 13.9. The van der Waals surface area contributed by atoms with E-state index in [9.17, 15) is 9.50 Å². The van der Waals surface area contributed by atoms with Crippen molar-refractivity contribution >= 4 is 11.6 Å². The Hall–Kier alpha value is -1.38. The number of halogens is 2. The highest BCUT2D eigenvalue weighted by Gasteiger charge is 2.26. The van der Waals surface area contributed by atoms with E-state index < -0.39 is 5.41 Å². The van der Waals surface area contributed by atoms with Crippen LogP contribution >= 0.6 is 11.6 Å². The quantitative estimate of drug-likeness (QED) is 0.897. The van der Waals surface area contributed by atoms with Crippen LogP contribution < -0.4 is 0 Å². The van der Waals surface area contributed by atoms with E-state index in [1.54, 1.807) is 18.2 Å². The Kier molecular flexibility index (Phi) is 4.23. The maximum Gasteiger partial charge on any atom is 0.123 e. The van der Waals surface area contributed by atoms with Crippen LogP contribution in [0.5, 0.6) is 0 Å². The summed E-state index contributed by atoms with van der Waals surface area (Å²) in [5.41, 5.74) is 1.53. The highest BCUT2D eigenvalue weighted by Crippen LogP contribution is 2.29. The van der Waals surface area contributed by atoms with E-state index in [1.165, 1.54) is 12.1 Å². The van der Waals surface area contributed by atoms with Crippen LogP contribution in [0.15, 0.2) is 48.5 Å². The van der Waals surface area contributed by atoms with Crippen LogP contribution in [0.2, 0.25) is 5.02 Å².